The fraction of sp³-hybridized carbons (Fsp3) is 0.522. The van der Waals surface area contributed by atoms with Gasteiger partial charge in [-0.15, -0.1) is 5.92 Å². The largest absolute Gasteiger partial charge is 0.459 e. The van der Waals surface area contributed by atoms with Crippen LogP contribution in [0.15, 0.2) is 38.6 Å². The lowest BCUT2D eigenvalue weighted by Gasteiger charge is -2.19. The number of rotatable bonds is 9. The van der Waals surface area contributed by atoms with Gasteiger partial charge in [0.1, 0.15) is 31.3 Å². The minimum atomic E-state index is -5.15. The summed E-state index contributed by atoms with van der Waals surface area (Å²) in [6.45, 7) is 1.87. The molecule has 3 atom stereocenters. The minimum absolute atomic E-state index is 0.0285. The van der Waals surface area contributed by atoms with Gasteiger partial charge in [0.2, 0.25) is 0 Å². The van der Waals surface area contributed by atoms with Crippen LogP contribution in [0.2, 0.25) is 0 Å². The molecule has 1 aliphatic heterocycles. The lowest BCUT2D eigenvalue weighted by atomic mass is 10.2. The standard InChI is InChI=1S/C23H25F3N2O8/c1-3-4-5-6-9-35-17-11-19(36-18(17)13-33-14-32-2)27-12-15(23(24,25)26)20(29)28(22(27)31)21(30)16-8-7-10-34-16/h7-8,10,12,17-19H,3-4,9,11,13-14H2,1-2H3/t17-,18+,19+/m0/s1. The third-order valence-corrected chi connectivity index (χ3v) is 5.20. The molecule has 0 spiro atoms. The SMILES string of the molecule is CCCC#CCO[C@H]1C[C@H](n2cc(C(F)(F)F)c(=O)n(C(=O)c3ccco3)c2=O)O[C@@H]1COCOC. The highest BCUT2D eigenvalue weighted by molar-refractivity contribution is 5.93. The Morgan fingerprint density at radius 2 is 2.06 bits per heavy atom. The first-order valence-electron chi connectivity index (χ1n) is 11.0. The summed E-state index contributed by atoms with van der Waals surface area (Å²) in [5, 5.41) is 0. The summed E-state index contributed by atoms with van der Waals surface area (Å²) in [5.41, 5.74) is -4.85. The Morgan fingerprint density at radius 3 is 2.69 bits per heavy atom. The van der Waals surface area contributed by atoms with Crippen LogP contribution < -0.4 is 11.2 Å². The van der Waals surface area contributed by atoms with Crippen molar-refractivity contribution in [3.63, 3.8) is 0 Å². The van der Waals surface area contributed by atoms with Crippen molar-refractivity contribution >= 4 is 5.91 Å². The van der Waals surface area contributed by atoms with E-state index < -0.39 is 53.1 Å². The summed E-state index contributed by atoms with van der Waals surface area (Å²) in [7, 11) is 1.41. The van der Waals surface area contributed by atoms with Gasteiger partial charge < -0.3 is 23.4 Å². The van der Waals surface area contributed by atoms with E-state index in [1.165, 1.54) is 13.2 Å². The van der Waals surface area contributed by atoms with Crippen LogP contribution in [0.3, 0.4) is 0 Å². The molecule has 10 nitrogen and oxygen atoms in total. The van der Waals surface area contributed by atoms with E-state index in [4.69, 9.17) is 23.4 Å². The zero-order valence-corrected chi connectivity index (χ0v) is 19.6. The predicted molar refractivity (Wildman–Crippen MR) is 117 cm³/mol. The van der Waals surface area contributed by atoms with Gasteiger partial charge in [0, 0.05) is 26.1 Å². The molecule has 0 bridgehead atoms. The highest BCUT2D eigenvalue weighted by atomic mass is 19.4. The molecule has 196 valence electrons. The third kappa shape index (κ3) is 6.33. The van der Waals surface area contributed by atoms with Crippen LogP contribution in [0.25, 0.3) is 0 Å². The highest BCUT2D eigenvalue weighted by Gasteiger charge is 2.42. The van der Waals surface area contributed by atoms with Crippen molar-refractivity contribution < 1.29 is 41.3 Å². The fourth-order valence-electron chi connectivity index (χ4n) is 3.52. The van der Waals surface area contributed by atoms with Crippen LogP contribution in [-0.2, 0) is 25.1 Å². The zero-order valence-electron chi connectivity index (χ0n) is 19.6. The van der Waals surface area contributed by atoms with Crippen LogP contribution in [0.1, 0.15) is 48.5 Å². The molecule has 0 radical (unpaired) electrons. The first-order chi connectivity index (χ1) is 17.2. The van der Waals surface area contributed by atoms with Crippen molar-refractivity contribution in [2.75, 3.05) is 27.1 Å². The summed E-state index contributed by atoms with van der Waals surface area (Å²) in [5.74, 6) is 3.92. The van der Waals surface area contributed by atoms with Gasteiger partial charge >= 0.3 is 17.8 Å². The summed E-state index contributed by atoms with van der Waals surface area (Å²) < 4.78 is 68.0. The molecule has 0 aromatic carbocycles. The van der Waals surface area contributed by atoms with Crippen molar-refractivity contribution in [3.05, 3.63) is 56.8 Å². The van der Waals surface area contributed by atoms with Gasteiger partial charge in [-0.2, -0.15) is 17.7 Å². The molecule has 36 heavy (non-hydrogen) atoms. The second-order valence-corrected chi connectivity index (χ2v) is 7.75. The molecule has 3 rings (SSSR count). The van der Waals surface area contributed by atoms with E-state index in [0.29, 0.717) is 17.2 Å². The van der Waals surface area contributed by atoms with E-state index >= 15 is 0 Å². The highest BCUT2D eigenvalue weighted by Crippen LogP contribution is 2.32. The molecule has 1 saturated heterocycles. The molecule has 1 aliphatic rings. The molecule has 2 aromatic rings. The van der Waals surface area contributed by atoms with E-state index in [0.717, 1.165) is 18.8 Å². The summed E-state index contributed by atoms with van der Waals surface area (Å²) in [6, 6.07) is 2.41. The van der Waals surface area contributed by atoms with Crippen molar-refractivity contribution in [2.45, 2.75) is 50.8 Å². The van der Waals surface area contributed by atoms with Gasteiger partial charge in [-0.05, 0) is 18.6 Å². The molecule has 0 amide bonds. The van der Waals surface area contributed by atoms with Gasteiger partial charge in [-0.1, -0.05) is 12.8 Å². The summed E-state index contributed by atoms with van der Waals surface area (Å²) in [4.78, 5) is 38.3. The minimum Gasteiger partial charge on any atom is -0.459 e. The summed E-state index contributed by atoms with van der Waals surface area (Å²) >= 11 is 0. The number of carbonyl (C=O) groups excluding carboxylic acids is 1. The molecule has 0 saturated carbocycles. The van der Waals surface area contributed by atoms with E-state index in [9.17, 15) is 27.6 Å². The van der Waals surface area contributed by atoms with Crippen molar-refractivity contribution in [1.82, 2.24) is 9.13 Å². The molecule has 0 aliphatic carbocycles. The first-order valence-corrected chi connectivity index (χ1v) is 11.0. The Morgan fingerprint density at radius 1 is 1.28 bits per heavy atom. The monoisotopic (exact) mass is 514 g/mol. The van der Waals surface area contributed by atoms with E-state index in [2.05, 4.69) is 11.8 Å². The molecule has 0 N–H and O–H groups in total. The van der Waals surface area contributed by atoms with Gasteiger partial charge in [-0.25, -0.2) is 4.79 Å². The Bertz CT molecular complexity index is 1210. The number of nitrogens with zero attached hydrogens (tertiary/aromatic N) is 2. The van der Waals surface area contributed by atoms with Gasteiger partial charge in [0.05, 0.1) is 19.0 Å². The van der Waals surface area contributed by atoms with E-state index in [-0.39, 0.29) is 31.0 Å². The first kappa shape index (κ1) is 27.4. The number of hydrogen-bond acceptors (Lipinski definition) is 8. The normalized spacial score (nSPS) is 19.8. The van der Waals surface area contributed by atoms with Crippen LogP contribution >= 0.6 is 0 Å². The number of hydrogen-bond donors (Lipinski definition) is 0. The van der Waals surface area contributed by atoms with E-state index in [1.807, 2.05) is 6.92 Å². The number of unbranched alkanes of at least 4 members (excludes halogenated alkanes) is 1. The molecule has 1 fully saturated rings. The molecule has 3 heterocycles. The molecule has 13 heteroatoms. The van der Waals surface area contributed by atoms with Crippen molar-refractivity contribution in [2.24, 2.45) is 0 Å². The number of carbonyl (C=O) groups is 1. The number of halogens is 3. The Balaban J connectivity index is 1.99. The number of methoxy groups -OCH3 is 1. The lowest BCUT2D eigenvalue weighted by molar-refractivity contribution is -0.140. The van der Waals surface area contributed by atoms with Gasteiger partial charge in [-0.3, -0.25) is 14.2 Å². The maximum absolute atomic E-state index is 13.7. The summed E-state index contributed by atoms with van der Waals surface area (Å²) in [6.07, 6.45) is -5.04. The topological polar surface area (TPSA) is 111 Å². The Hall–Kier alpha value is -3.18. The van der Waals surface area contributed by atoms with Crippen molar-refractivity contribution in [3.8, 4) is 11.8 Å². The van der Waals surface area contributed by atoms with Crippen LogP contribution in [0.4, 0.5) is 13.2 Å². The fourth-order valence-corrected chi connectivity index (χ4v) is 3.52. The number of aromatic nitrogens is 2. The Kier molecular flexibility index (Phi) is 9.27. The second-order valence-electron chi connectivity index (χ2n) is 7.75. The molecule has 2 aromatic heterocycles. The van der Waals surface area contributed by atoms with Crippen LogP contribution in [-0.4, -0.2) is 54.4 Å². The van der Waals surface area contributed by atoms with Gasteiger partial charge in [0.15, 0.2) is 5.76 Å². The quantitative estimate of drug-likeness (QED) is 0.285. The average molecular weight is 514 g/mol. The molecular formula is C23H25F3N2O8. The maximum Gasteiger partial charge on any atom is 0.423 e. The average Bonchev–Trinajstić information content (AvgIpc) is 3.49. The molecular weight excluding hydrogens is 489 g/mol. The smallest absolute Gasteiger partial charge is 0.423 e. The zero-order chi connectivity index (χ0) is 26.3. The van der Waals surface area contributed by atoms with Crippen LogP contribution in [0.5, 0.6) is 0 Å². The van der Waals surface area contributed by atoms with Crippen LogP contribution in [0, 0.1) is 11.8 Å². The number of alkyl halides is 3. The van der Waals surface area contributed by atoms with Gasteiger partial charge in [0.25, 0.3) is 5.56 Å². The maximum atomic E-state index is 13.7. The van der Waals surface area contributed by atoms with E-state index in [1.54, 1.807) is 0 Å². The number of ether oxygens (including phenoxy) is 4. The second kappa shape index (κ2) is 12.2. The van der Waals surface area contributed by atoms with Crippen molar-refractivity contribution in [1.29, 1.82) is 0 Å². The Labute approximate surface area is 203 Å². The predicted octanol–water partition coefficient (Wildman–Crippen LogP) is 2.41. The molecule has 0 unspecified atom stereocenters. The number of furan rings is 1. The third-order valence-electron chi connectivity index (χ3n) is 5.20. The lowest BCUT2D eigenvalue weighted by Crippen LogP contribution is -2.47.